The molecule has 1 atom stereocenters. The van der Waals surface area contributed by atoms with Gasteiger partial charge in [-0.05, 0) is 34.6 Å². The minimum atomic E-state index is -1.44. The van der Waals surface area contributed by atoms with Crippen molar-refractivity contribution < 1.29 is 28.6 Å². The molecule has 1 aliphatic heterocycles. The Labute approximate surface area is 112 Å². The maximum absolute atomic E-state index is 11.9. The molecule has 0 aliphatic carbocycles. The number of carbonyl (C=O) groups is 3. The van der Waals surface area contributed by atoms with Gasteiger partial charge in [-0.15, -0.1) is 0 Å². The Hall–Kier alpha value is -1.59. The number of hydrogen-bond donors (Lipinski definition) is 0. The second-order valence-electron chi connectivity index (χ2n) is 6.00. The summed E-state index contributed by atoms with van der Waals surface area (Å²) < 4.78 is 14.8. The maximum atomic E-state index is 11.9. The van der Waals surface area contributed by atoms with Gasteiger partial charge in [0.1, 0.15) is 0 Å². The molecule has 1 fully saturated rings. The van der Waals surface area contributed by atoms with E-state index < -0.39 is 35.0 Å². The van der Waals surface area contributed by atoms with Crippen LogP contribution in [0.5, 0.6) is 0 Å². The molecule has 19 heavy (non-hydrogen) atoms. The molecule has 1 saturated heterocycles. The fourth-order valence-corrected chi connectivity index (χ4v) is 1.28. The van der Waals surface area contributed by atoms with Crippen molar-refractivity contribution in [3.63, 3.8) is 0 Å². The van der Waals surface area contributed by atoms with Crippen molar-refractivity contribution in [3.8, 4) is 0 Å². The van der Waals surface area contributed by atoms with Gasteiger partial charge < -0.3 is 14.2 Å². The van der Waals surface area contributed by atoms with Gasteiger partial charge in [0.2, 0.25) is 11.7 Å². The third-order valence-corrected chi connectivity index (χ3v) is 2.59. The van der Waals surface area contributed by atoms with Crippen molar-refractivity contribution >= 4 is 17.9 Å². The van der Waals surface area contributed by atoms with Crippen molar-refractivity contribution in [1.29, 1.82) is 0 Å². The highest BCUT2D eigenvalue weighted by Crippen LogP contribution is 2.23. The number of hydrogen-bond acceptors (Lipinski definition) is 6. The van der Waals surface area contributed by atoms with Crippen LogP contribution in [0.1, 0.15) is 41.0 Å². The minimum Gasteiger partial charge on any atom is -0.463 e. The number of esters is 3. The predicted octanol–water partition coefficient (Wildman–Crippen LogP) is 1.21. The van der Waals surface area contributed by atoms with Gasteiger partial charge in [-0.2, -0.15) is 0 Å². The molecule has 0 aromatic carbocycles. The summed E-state index contributed by atoms with van der Waals surface area (Å²) in [6.07, 6.45) is -0.575. The van der Waals surface area contributed by atoms with Crippen LogP contribution in [0, 0.1) is 5.41 Å². The molecule has 1 unspecified atom stereocenters. The van der Waals surface area contributed by atoms with Crippen LogP contribution in [0.3, 0.4) is 0 Å². The smallest absolute Gasteiger partial charge is 0.350 e. The molecule has 1 heterocycles. The van der Waals surface area contributed by atoms with Crippen molar-refractivity contribution in [2.75, 3.05) is 6.61 Å². The van der Waals surface area contributed by atoms with Crippen LogP contribution in [-0.4, -0.2) is 36.2 Å². The average Bonchev–Trinajstić information content (AvgIpc) is 2.62. The molecule has 0 spiro atoms. The van der Waals surface area contributed by atoms with Crippen LogP contribution in [-0.2, 0) is 28.6 Å². The van der Waals surface area contributed by atoms with Crippen molar-refractivity contribution in [3.05, 3.63) is 0 Å². The maximum Gasteiger partial charge on any atom is 0.350 e. The Morgan fingerprint density at radius 1 is 1.16 bits per heavy atom. The third kappa shape index (κ3) is 3.94. The molecular formula is C13H20O6. The first-order chi connectivity index (χ1) is 8.54. The lowest BCUT2D eigenvalue weighted by Crippen LogP contribution is -2.43. The van der Waals surface area contributed by atoms with Crippen molar-refractivity contribution in [1.82, 2.24) is 0 Å². The molecule has 0 aromatic rings. The van der Waals surface area contributed by atoms with E-state index in [2.05, 4.69) is 0 Å². The predicted molar refractivity (Wildman–Crippen MR) is 65.1 cm³/mol. The average molecular weight is 272 g/mol. The third-order valence-electron chi connectivity index (χ3n) is 2.59. The zero-order valence-electron chi connectivity index (χ0n) is 11.9. The normalized spacial score (nSPS) is 19.8. The van der Waals surface area contributed by atoms with E-state index in [0.29, 0.717) is 6.42 Å². The lowest BCUT2D eigenvalue weighted by Gasteiger charge is -2.27. The van der Waals surface area contributed by atoms with E-state index in [1.807, 2.05) is 0 Å². The molecule has 0 saturated carbocycles. The molecule has 1 aliphatic rings. The SMILES string of the molecule is CC(C)(C)C(=O)OC(C)(C)C(=O)OC1CCOC1=O. The quantitative estimate of drug-likeness (QED) is 0.567. The van der Waals surface area contributed by atoms with Crippen LogP contribution in [0.25, 0.3) is 0 Å². The highest BCUT2D eigenvalue weighted by atomic mass is 16.6. The molecule has 6 nitrogen and oxygen atoms in total. The summed E-state index contributed by atoms with van der Waals surface area (Å²) in [5, 5.41) is 0. The number of carbonyl (C=O) groups excluding carboxylic acids is 3. The van der Waals surface area contributed by atoms with Crippen molar-refractivity contribution in [2.45, 2.75) is 52.7 Å². The zero-order chi connectivity index (χ0) is 14.8. The topological polar surface area (TPSA) is 78.9 Å². The standard InChI is InChI=1S/C13H20O6/c1-12(2,3)10(15)19-13(4,5)11(16)18-8-6-7-17-9(8)14/h8H,6-7H2,1-5H3. The van der Waals surface area contributed by atoms with Gasteiger partial charge in [-0.3, -0.25) is 4.79 Å². The fourth-order valence-electron chi connectivity index (χ4n) is 1.28. The second kappa shape index (κ2) is 5.19. The summed E-state index contributed by atoms with van der Waals surface area (Å²) in [5.74, 6) is -1.83. The largest absolute Gasteiger partial charge is 0.463 e. The lowest BCUT2D eigenvalue weighted by atomic mass is 9.96. The molecule has 0 N–H and O–H groups in total. The molecular weight excluding hydrogens is 252 g/mol. The highest BCUT2D eigenvalue weighted by molar-refractivity contribution is 5.87. The Kier molecular flexibility index (Phi) is 4.22. The number of cyclic esters (lactones) is 1. The summed E-state index contributed by atoms with van der Waals surface area (Å²) in [6.45, 7) is 8.15. The molecule has 0 bridgehead atoms. The second-order valence-corrected chi connectivity index (χ2v) is 6.00. The Bertz CT molecular complexity index is 390. The minimum absolute atomic E-state index is 0.235. The summed E-state index contributed by atoms with van der Waals surface area (Å²) in [4.78, 5) is 34.9. The lowest BCUT2D eigenvalue weighted by molar-refractivity contribution is -0.188. The van der Waals surface area contributed by atoms with Crippen LogP contribution < -0.4 is 0 Å². The van der Waals surface area contributed by atoms with Gasteiger partial charge in [0.05, 0.1) is 12.0 Å². The van der Waals surface area contributed by atoms with E-state index in [9.17, 15) is 14.4 Å². The molecule has 1 rings (SSSR count). The summed E-state index contributed by atoms with van der Waals surface area (Å²) in [6, 6.07) is 0. The van der Waals surface area contributed by atoms with E-state index in [1.54, 1.807) is 20.8 Å². The van der Waals surface area contributed by atoms with E-state index >= 15 is 0 Å². The zero-order valence-corrected chi connectivity index (χ0v) is 11.9. The van der Waals surface area contributed by atoms with Crippen LogP contribution in [0.2, 0.25) is 0 Å². The number of ether oxygens (including phenoxy) is 3. The summed E-state index contributed by atoms with van der Waals surface area (Å²) in [5.41, 5.74) is -2.16. The number of rotatable bonds is 3. The Balaban J connectivity index is 2.63. The van der Waals surface area contributed by atoms with Gasteiger partial charge >= 0.3 is 17.9 Å². The van der Waals surface area contributed by atoms with Crippen molar-refractivity contribution in [2.24, 2.45) is 5.41 Å². The molecule has 6 heteroatoms. The van der Waals surface area contributed by atoms with Crippen LogP contribution >= 0.6 is 0 Å². The van der Waals surface area contributed by atoms with Gasteiger partial charge in [0.15, 0.2) is 0 Å². The highest BCUT2D eigenvalue weighted by Gasteiger charge is 2.40. The van der Waals surface area contributed by atoms with Crippen LogP contribution in [0.15, 0.2) is 0 Å². The molecule has 0 radical (unpaired) electrons. The first-order valence-corrected chi connectivity index (χ1v) is 6.15. The van der Waals surface area contributed by atoms with Crippen LogP contribution in [0.4, 0.5) is 0 Å². The Morgan fingerprint density at radius 2 is 1.74 bits per heavy atom. The first kappa shape index (κ1) is 15.5. The van der Waals surface area contributed by atoms with Gasteiger partial charge in [0.25, 0.3) is 0 Å². The van der Waals surface area contributed by atoms with Gasteiger partial charge in [-0.25, -0.2) is 9.59 Å². The Morgan fingerprint density at radius 3 is 2.16 bits per heavy atom. The monoisotopic (exact) mass is 272 g/mol. The van der Waals surface area contributed by atoms with Gasteiger partial charge in [0, 0.05) is 6.42 Å². The van der Waals surface area contributed by atoms with E-state index in [1.165, 1.54) is 13.8 Å². The van der Waals surface area contributed by atoms with E-state index in [4.69, 9.17) is 14.2 Å². The molecule has 0 amide bonds. The summed E-state index contributed by atoms with van der Waals surface area (Å²) >= 11 is 0. The molecule has 0 aromatic heterocycles. The van der Waals surface area contributed by atoms with Gasteiger partial charge in [-0.1, -0.05) is 0 Å². The first-order valence-electron chi connectivity index (χ1n) is 6.15. The summed E-state index contributed by atoms with van der Waals surface area (Å²) in [7, 11) is 0. The van der Waals surface area contributed by atoms with E-state index in [-0.39, 0.29) is 6.61 Å². The van der Waals surface area contributed by atoms with E-state index in [0.717, 1.165) is 0 Å². The fraction of sp³-hybridized carbons (Fsp3) is 0.769. The molecule has 108 valence electrons.